The Labute approximate surface area is 103 Å². The molecule has 0 bridgehead atoms. The second-order valence-corrected chi connectivity index (χ2v) is 5.68. The molecular formula is C13H23N3O. The highest BCUT2D eigenvalue weighted by Crippen LogP contribution is 2.35. The number of hydrogen-bond acceptors (Lipinski definition) is 4. The summed E-state index contributed by atoms with van der Waals surface area (Å²) in [5.74, 6) is 2.72. The van der Waals surface area contributed by atoms with Crippen LogP contribution in [0.4, 0.5) is 0 Å². The zero-order valence-corrected chi connectivity index (χ0v) is 11.1. The van der Waals surface area contributed by atoms with E-state index >= 15 is 0 Å². The van der Waals surface area contributed by atoms with E-state index in [2.05, 4.69) is 17.1 Å². The summed E-state index contributed by atoms with van der Waals surface area (Å²) in [5, 5.41) is 4.04. The minimum atomic E-state index is -0.469. The van der Waals surface area contributed by atoms with Crippen LogP contribution in [-0.4, -0.2) is 10.1 Å². The van der Waals surface area contributed by atoms with Gasteiger partial charge in [0.05, 0.1) is 5.54 Å². The van der Waals surface area contributed by atoms with Crippen LogP contribution in [0.5, 0.6) is 0 Å². The first kappa shape index (κ1) is 12.6. The summed E-state index contributed by atoms with van der Waals surface area (Å²) in [6.07, 6.45) is 5.66. The molecule has 4 nitrogen and oxygen atoms in total. The third-order valence-electron chi connectivity index (χ3n) is 4.05. The maximum absolute atomic E-state index is 6.12. The van der Waals surface area contributed by atoms with E-state index in [1.165, 1.54) is 12.8 Å². The van der Waals surface area contributed by atoms with E-state index in [9.17, 15) is 0 Å². The van der Waals surface area contributed by atoms with E-state index in [0.29, 0.717) is 11.7 Å². The minimum Gasteiger partial charge on any atom is -0.339 e. The predicted molar refractivity (Wildman–Crippen MR) is 66.5 cm³/mol. The molecule has 1 aromatic rings. The van der Waals surface area contributed by atoms with E-state index in [4.69, 9.17) is 10.3 Å². The van der Waals surface area contributed by atoms with Gasteiger partial charge in [0.25, 0.3) is 0 Å². The highest BCUT2D eigenvalue weighted by molar-refractivity contribution is 5.04. The molecular weight excluding hydrogens is 214 g/mol. The molecule has 2 rings (SSSR count). The average Bonchev–Trinajstić information content (AvgIpc) is 2.80. The molecule has 1 heterocycles. The van der Waals surface area contributed by atoms with Gasteiger partial charge in [-0.05, 0) is 44.9 Å². The zero-order valence-electron chi connectivity index (χ0n) is 11.1. The Kier molecular flexibility index (Phi) is 3.52. The van der Waals surface area contributed by atoms with Gasteiger partial charge in [-0.25, -0.2) is 0 Å². The molecule has 2 N–H and O–H groups in total. The predicted octanol–water partition coefficient (Wildman–Crippen LogP) is 2.95. The van der Waals surface area contributed by atoms with Gasteiger partial charge in [-0.1, -0.05) is 19.0 Å². The second-order valence-electron chi connectivity index (χ2n) is 5.68. The first-order valence-electron chi connectivity index (χ1n) is 6.66. The third kappa shape index (κ3) is 2.68. The Morgan fingerprint density at radius 2 is 2.00 bits per heavy atom. The summed E-state index contributed by atoms with van der Waals surface area (Å²) < 4.78 is 5.39. The van der Waals surface area contributed by atoms with Crippen molar-refractivity contribution in [1.82, 2.24) is 10.1 Å². The van der Waals surface area contributed by atoms with Gasteiger partial charge in [-0.15, -0.1) is 0 Å². The molecule has 1 saturated carbocycles. The third-order valence-corrected chi connectivity index (χ3v) is 4.05. The fourth-order valence-corrected chi connectivity index (χ4v) is 2.30. The minimum absolute atomic E-state index is 0.445. The average molecular weight is 237 g/mol. The summed E-state index contributed by atoms with van der Waals surface area (Å²) in [5.41, 5.74) is 5.65. The molecule has 0 saturated heterocycles. The Hall–Kier alpha value is -0.900. The highest BCUT2D eigenvalue weighted by atomic mass is 16.5. The Bertz CT molecular complexity index is 364. The van der Waals surface area contributed by atoms with Crippen molar-refractivity contribution in [3.05, 3.63) is 11.7 Å². The van der Waals surface area contributed by atoms with E-state index in [1.807, 2.05) is 13.8 Å². The molecule has 1 fully saturated rings. The first-order valence-corrected chi connectivity index (χ1v) is 6.66. The molecule has 1 aliphatic rings. The monoisotopic (exact) mass is 237 g/mol. The highest BCUT2D eigenvalue weighted by Gasteiger charge is 2.29. The maximum Gasteiger partial charge on any atom is 0.229 e. The topological polar surface area (TPSA) is 64.9 Å². The largest absolute Gasteiger partial charge is 0.339 e. The summed E-state index contributed by atoms with van der Waals surface area (Å²) >= 11 is 0. The van der Waals surface area contributed by atoms with Crippen molar-refractivity contribution >= 4 is 0 Å². The molecule has 4 heteroatoms. The standard InChI is InChI=1S/C13H23N3O/c1-4-13(3,14)12-15-11(17-16-12)10-7-5-9(2)6-8-10/h9-10H,4-8,14H2,1-3H3. The Morgan fingerprint density at radius 1 is 1.35 bits per heavy atom. The van der Waals surface area contributed by atoms with Crippen molar-refractivity contribution in [2.75, 3.05) is 0 Å². The van der Waals surface area contributed by atoms with Crippen LogP contribution in [0.1, 0.15) is 70.5 Å². The second kappa shape index (κ2) is 4.77. The van der Waals surface area contributed by atoms with Crippen LogP contribution in [0.3, 0.4) is 0 Å². The van der Waals surface area contributed by atoms with E-state index in [-0.39, 0.29) is 0 Å². The molecule has 1 unspecified atom stereocenters. The molecule has 0 amide bonds. The van der Waals surface area contributed by atoms with Crippen molar-refractivity contribution in [2.24, 2.45) is 11.7 Å². The van der Waals surface area contributed by atoms with Gasteiger partial charge < -0.3 is 10.3 Å². The maximum atomic E-state index is 6.12. The van der Waals surface area contributed by atoms with Crippen LogP contribution in [0, 0.1) is 5.92 Å². The molecule has 1 atom stereocenters. The molecule has 1 aromatic heterocycles. The van der Waals surface area contributed by atoms with Crippen molar-refractivity contribution in [1.29, 1.82) is 0 Å². The van der Waals surface area contributed by atoms with Crippen LogP contribution in [0.25, 0.3) is 0 Å². The van der Waals surface area contributed by atoms with E-state index < -0.39 is 5.54 Å². The van der Waals surface area contributed by atoms with E-state index in [1.54, 1.807) is 0 Å². The van der Waals surface area contributed by atoms with Crippen LogP contribution >= 0.6 is 0 Å². The molecule has 0 radical (unpaired) electrons. The van der Waals surface area contributed by atoms with Crippen molar-refractivity contribution in [2.45, 2.75) is 64.3 Å². The number of aromatic nitrogens is 2. The SMILES string of the molecule is CCC(C)(N)c1noc(C2CCC(C)CC2)n1. The summed E-state index contributed by atoms with van der Waals surface area (Å²) in [6.45, 7) is 6.30. The first-order chi connectivity index (χ1) is 8.03. The lowest BCUT2D eigenvalue weighted by atomic mass is 9.83. The van der Waals surface area contributed by atoms with Crippen molar-refractivity contribution < 1.29 is 4.52 Å². The summed E-state index contributed by atoms with van der Waals surface area (Å²) in [7, 11) is 0. The molecule has 0 aromatic carbocycles. The van der Waals surface area contributed by atoms with Crippen molar-refractivity contribution in [3.8, 4) is 0 Å². The molecule has 96 valence electrons. The number of nitrogens with zero attached hydrogens (tertiary/aromatic N) is 2. The zero-order chi connectivity index (χ0) is 12.5. The molecule has 0 aliphatic heterocycles. The quantitative estimate of drug-likeness (QED) is 0.877. The van der Waals surface area contributed by atoms with Crippen molar-refractivity contribution in [3.63, 3.8) is 0 Å². The number of rotatable bonds is 3. The van der Waals surface area contributed by atoms with Gasteiger partial charge in [0, 0.05) is 5.92 Å². The fraction of sp³-hybridized carbons (Fsp3) is 0.846. The Balaban J connectivity index is 2.08. The van der Waals surface area contributed by atoms with Gasteiger partial charge in [0.15, 0.2) is 5.82 Å². The normalized spacial score (nSPS) is 28.9. The van der Waals surface area contributed by atoms with Crippen LogP contribution in [0.15, 0.2) is 4.52 Å². The smallest absolute Gasteiger partial charge is 0.229 e. The van der Waals surface area contributed by atoms with E-state index in [0.717, 1.165) is 31.1 Å². The lowest BCUT2D eigenvalue weighted by molar-refractivity contribution is 0.278. The van der Waals surface area contributed by atoms with Gasteiger partial charge in [0.2, 0.25) is 5.89 Å². The number of hydrogen-bond donors (Lipinski definition) is 1. The fourth-order valence-electron chi connectivity index (χ4n) is 2.30. The van der Waals surface area contributed by atoms with Gasteiger partial charge in [-0.3, -0.25) is 0 Å². The van der Waals surface area contributed by atoms with Crippen LogP contribution < -0.4 is 5.73 Å². The lowest BCUT2D eigenvalue weighted by Gasteiger charge is -2.23. The molecule has 1 aliphatic carbocycles. The lowest BCUT2D eigenvalue weighted by Crippen LogP contribution is -2.33. The summed E-state index contributed by atoms with van der Waals surface area (Å²) in [4.78, 5) is 4.50. The van der Waals surface area contributed by atoms with Crippen LogP contribution in [-0.2, 0) is 5.54 Å². The number of nitrogens with two attached hydrogens (primary N) is 1. The van der Waals surface area contributed by atoms with Gasteiger partial charge >= 0.3 is 0 Å². The summed E-state index contributed by atoms with van der Waals surface area (Å²) in [6, 6.07) is 0. The van der Waals surface area contributed by atoms with Gasteiger partial charge in [0.1, 0.15) is 0 Å². The van der Waals surface area contributed by atoms with Gasteiger partial charge in [-0.2, -0.15) is 4.98 Å². The van der Waals surface area contributed by atoms with Crippen LogP contribution in [0.2, 0.25) is 0 Å². The molecule has 17 heavy (non-hydrogen) atoms. The molecule has 0 spiro atoms. The Morgan fingerprint density at radius 3 is 2.59 bits per heavy atom.